The van der Waals surface area contributed by atoms with Crippen LogP contribution in [0.3, 0.4) is 0 Å². The number of anilines is 1. The van der Waals surface area contributed by atoms with E-state index in [-0.39, 0.29) is 0 Å². The predicted octanol–water partition coefficient (Wildman–Crippen LogP) is 4.35. The average molecular weight is 358 g/mol. The normalized spacial score (nSPS) is 13.3. The third-order valence-electron chi connectivity index (χ3n) is 4.18. The summed E-state index contributed by atoms with van der Waals surface area (Å²) in [5.41, 5.74) is 3.27. The molecule has 0 unspecified atom stereocenters. The summed E-state index contributed by atoms with van der Waals surface area (Å²) < 4.78 is 5.78. The number of Topliss-reactive ketones (excluding diaryl/α,β-unsaturated/α-hetero) is 1. The summed E-state index contributed by atoms with van der Waals surface area (Å²) in [6.07, 6.45) is 1.51. The molecular weight excluding hydrogens is 338 g/mol. The molecule has 130 valence electrons. The van der Waals surface area contributed by atoms with Gasteiger partial charge in [0, 0.05) is 6.54 Å². The number of rotatable bonds is 6. The number of halogens is 1. The van der Waals surface area contributed by atoms with Crippen LogP contribution in [0.15, 0.2) is 36.4 Å². The van der Waals surface area contributed by atoms with E-state index in [9.17, 15) is 9.59 Å². The topological polar surface area (TPSA) is 46.6 Å². The maximum Gasteiger partial charge on any atom is 0.299 e. The van der Waals surface area contributed by atoms with E-state index in [1.165, 1.54) is 16.0 Å². The van der Waals surface area contributed by atoms with Crippen molar-refractivity contribution < 1.29 is 14.3 Å². The second-order valence-electron chi connectivity index (χ2n) is 6.30. The molecule has 0 atom stereocenters. The van der Waals surface area contributed by atoms with Crippen LogP contribution in [0.5, 0.6) is 5.75 Å². The van der Waals surface area contributed by atoms with Gasteiger partial charge in [-0.1, -0.05) is 23.7 Å². The minimum Gasteiger partial charge on any atom is -0.494 e. The largest absolute Gasteiger partial charge is 0.494 e. The van der Waals surface area contributed by atoms with E-state index >= 15 is 0 Å². The predicted molar refractivity (Wildman–Crippen MR) is 98.8 cm³/mol. The number of ketones is 1. The Morgan fingerprint density at radius 1 is 1.04 bits per heavy atom. The van der Waals surface area contributed by atoms with Gasteiger partial charge in [0.15, 0.2) is 0 Å². The molecule has 1 aliphatic rings. The molecule has 25 heavy (non-hydrogen) atoms. The number of unbranched alkanes of at least 4 members (excludes halogenated alkanes) is 1. The van der Waals surface area contributed by atoms with Crippen molar-refractivity contribution in [2.75, 3.05) is 18.1 Å². The quantitative estimate of drug-likeness (QED) is 0.570. The van der Waals surface area contributed by atoms with Crippen molar-refractivity contribution in [1.29, 1.82) is 0 Å². The molecule has 1 amide bonds. The lowest BCUT2D eigenvalue weighted by atomic mass is 10.1. The van der Waals surface area contributed by atoms with Gasteiger partial charge in [-0.15, -0.1) is 0 Å². The number of benzene rings is 2. The first kappa shape index (κ1) is 17.5. The summed E-state index contributed by atoms with van der Waals surface area (Å²) in [4.78, 5) is 25.7. The fourth-order valence-corrected chi connectivity index (χ4v) is 3.38. The molecule has 2 aromatic rings. The maximum atomic E-state index is 12.2. The lowest BCUT2D eigenvalue weighted by Crippen LogP contribution is -2.31. The number of nitrogens with zero attached hydrogens (tertiary/aromatic N) is 1. The van der Waals surface area contributed by atoms with Crippen LogP contribution in [0, 0.1) is 13.8 Å². The average Bonchev–Trinajstić information content (AvgIpc) is 2.80. The smallest absolute Gasteiger partial charge is 0.299 e. The van der Waals surface area contributed by atoms with Crippen LogP contribution < -0.4 is 9.64 Å². The molecule has 0 N–H and O–H groups in total. The lowest BCUT2D eigenvalue weighted by molar-refractivity contribution is -0.114. The molecule has 0 saturated heterocycles. The molecule has 0 saturated carbocycles. The van der Waals surface area contributed by atoms with E-state index in [4.69, 9.17) is 16.3 Å². The van der Waals surface area contributed by atoms with Crippen LogP contribution >= 0.6 is 11.6 Å². The van der Waals surface area contributed by atoms with Crippen LogP contribution in [0.4, 0.5) is 5.69 Å². The van der Waals surface area contributed by atoms with Crippen LogP contribution in [0.2, 0.25) is 5.02 Å². The first-order chi connectivity index (χ1) is 12.0. The number of carbonyl (C=O) groups excluding carboxylic acids is 2. The van der Waals surface area contributed by atoms with Gasteiger partial charge in [-0.05, 0) is 62.1 Å². The van der Waals surface area contributed by atoms with Gasteiger partial charge in [0.2, 0.25) is 0 Å². The number of hydrogen-bond acceptors (Lipinski definition) is 3. The Morgan fingerprint density at radius 2 is 1.76 bits per heavy atom. The highest BCUT2D eigenvalue weighted by Gasteiger charge is 2.36. The zero-order chi connectivity index (χ0) is 18.0. The number of hydrogen-bond donors (Lipinski definition) is 0. The van der Waals surface area contributed by atoms with E-state index in [0.717, 1.165) is 18.6 Å². The molecule has 0 radical (unpaired) electrons. The van der Waals surface area contributed by atoms with Gasteiger partial charge < -0.3 is 9.64 Å². The van der Waals surface area contributed by atoms with Gasteiger partial charge in [-0.25, -0.2) is 0 Å². The zero-order valence-corrected chi connectivity index (χ0v) is 15.1. The van der Waals surface area contributed by atoms with Crippen molar-refractivity contribution in [1.82, 2.24) is 0 Å². The minimum atomic E-state index is -0.502. The number of fused-ring (bicyclic) bond motifs is 1. The molecule has 3 rings (SSSR count). The van der Waals surface area contributed by atoms with Crippen molar-refractivity contribution in [3.63, 3.8) is 0 Å². The molecule has 4 nitrogen and oxygen atoms in total. The van der Waals surface area contributed by atoms with Crippen molar-refractivity contribution in [3.8, 4) is 5.75 Å². The van der Waals surface area contributed by atoms with Crippen molar-refractivity contribution >= 4 is 29.0 Å². The third-order valence-corrected chi connectivity index (χ3v) is 4.49. The second-order valence-corrected chi connectivity index (χ2v) is 6.71. The number of ether oxygens (including phenoxy) is 1. The van der Waals surface area contributed by atoms with Crippen molar-refractivity contribution in [2.45, 2.75) is 26.7 Å². The molecule has 0 aromatic heterocycles. The van der Waals surface area contributed by atoms with Gasteiger partial charge in [-0.3, -0.25) is 9.59 Å². The Kier molecular flexibility index (Phi) is 5.09. The number of aryl methyl sites for hydroxylation is 2. The molecule has 0 bridgehead atoms. The van der Waals surface area contributed by atoms with Gasteiger partial charge in [0.1, 0.15) is 5.75 Å². The zero-order valence-electron chi connectivity index (χ0n) is 14.3. The van der Waals surface area contributed by atoms with Crippen LogP contribution in [-0.2, 0) is 4.79 Å². The molecule has 5 heteroatoms. The first-order valence-electron chi connectivity index (χ1n) is 8.33. The summed E-state index contributed by atoms with van der Waals surface area (Å²) in [6.45, 7) is 5.10. The monoisotopic (exact) mass is 357 g/mol. The molecule has 2 aromatic carbocycles. The number of carbonyl (C=O) groups is 2. The highest BCUT2D eigenvalue weighted by atomic mass is 35.5. The van der Waals surface area contributed by atoms with Crippen LogP contribution in [0.1, 0.15) is 34.3 Å². The Bertz CT molecular complexity index is 811. The molecule has 0 aliphatic carbocycles. The SMILES string of the molecule is Cc1cc(C)cc(OCCCCN2C(=O)C(=O)c3cccc(Cl)c32)c1. The molecule has 0 fully saturated rings. The summed E-state index contributed by atoms with van der Waals surface area (Å²) in [7, 11) is 0. The van der Waals surface area contributed by atoms with E-state index in [1.54, 1.807) is 18.2 Å². The molecule has 1 heterocycles. The Balaban J connectivity index is 1.55. The van der Waals surface area contributed by atoms with Gasteiger partial charge in [-0.2, -0.15) is 0 Å². The van der Waals surface area contributed by atoms with E-state index in [0.29, 0.717) is 29.4 Å². The van der Waals surface area contributed by atoms with Gasteiger partial charge in [0.25, 0.3) is 11.7 Å². The molecule has 1 aliphatic heterocycles. The highest BCUT2D eigenvalue weighted by molar-refractivity contribution is 6.54. The maximum absolute atomic E-state index is 12.2. The summed E-state index contributed by atoms with van der Waals surface area (Å²) >= 11 is 6.17. The molecule has 0 spiro atoms. The van der Waals surface area contributed by atoms with E-state index in [1.807, 2.05) is 26.0 Å². The second kappa shape index (κ2) is 7.28. The molecular formula is C20H20ClNO3. The standard InChI is InChI=1S/C20H20ClNO3/c1-13-10-14(2)12-15(11-13)25-9-4-3-8-22-18-16(19(23)20(22)24)6-5-7-17(18)21/h5-7,10-12H,3-4,8-9H2,1-2H3. The Labute approximate surface area is 152 Å². The van der Waals surface area contributed by atoms with Crippen molar-refractivity contribution in [2.24, 2.45) is 0 Å². The first-order valence-corrected chi connectivity index (χ1v) is 8.71. The fraction of sp³-hybridized carbons (Fsp3) is 0.300. The highest BCUT2D eigenvalue weighted by Crippen LogP contribution is 2.35. The van der Waals surface area contributed by atoms with Gasteiger partial charge in [0.05, 0.1) is 22.9 Å². The lowest BCUT2D eigenvalue weighted by Gasteiger charge is -2.17. The number of para-hydroxylation sites is 1. The van der Waals surface area contributed by atoms with E-state index in [2.05, 4.69) is 6.07 Å². The van der Waals surface area contributed by atoms with Crippen LogP contribution in [0.25, 0.3) is 0 Å². The van der Waals surface area contributed by atoms with Gasteiger partial charge >= 0.3 is 0 Å². The van der Waals surface area contributed by atoms with Crippen LogP contribution in [-0.4, -0.2) is 24.8 Å². The summed E-state index contributed by atoms with van der Waals surface area (Å²) in [6, 6.07) is 11.1. The Morgan fingerprint density at radius 3 is 2.48 bits per heavy atom. The van der Waals surface area contributed by atoms with E-state index < -0.39 is 11.7 Å². The summed E-state index contributed by atoms with van der Waals surface area (Å²) in [5, 5.41) is 0.434. The fourth-order valence-electron chi connectivity index (χ4n) is 3.10. The minimum absolute atomic E-state index is 0.393. The summed E-state index contributed by atoms with van der Waals surface area (Å²) in [5.74, 6) is -0.124. The number of amides is 1. The third kappa shape index (κ3) is 3.69. The van der Waals surface area contributed by atoms with Crippen molar-refractivity contribution in [3.05, 3.63) is 58.1 Å². The Hall–Kier alpha value is -2.33.